The zero-order chi connectivity index (χ0) is 17.1. The number of hydrogen-bond acceptors (Lipinski definition) is 6. The number of aryl methyl sites for hydroxylation is 2. The highest BCUT2D eigenvalue weighted by Crippen LogP contribution is 2.30. The molecule has 0 bridgehead atoms. The molecular formula is C18H25N5O. The van der Waals surface area contributed by atoms with Crippen molar-refractivity contribution in [3.63, 3.8) is 0 Å². The van der Waals surface area contributed by atoms with Gasteiger partial charge in [-0.25, -0.2) is 15.0 Å². The minimum Gasteiger partial charge on any atom is -0.432 e. The number of aromatic nitrogens is 3. The number of nitrogens with one attached hydrogen (secondary N) is 1. The van der Waals surface area contributed by atoms with Crippen LogP contribution in [-0.2, 0) is 0 Å². The lowest BCUT2D eigenvalue weighted by molar-refractivity contribution is 0.303. The van der Waals surface area contributed by atoms with Gasteiger partial charge in [-0.2, -0.15) is 0 Å². The Bertz CT molecular complexity index is 838. The van der Waals surface area contributed by atoms with E-state index in [9.17, 15) is 0 Å². The highest BCUT2D eigenvalue weighted by molar-refractivity contribution is 6.04. The van der Waals surface area contributed by atoms with E-state index in [0.717, 1.165) is 60.6 Å². The topological polar surface area (TPSA) is 67.1 Å². The molecule has 0 fully saturated rings. The van der Waals surface area contributed by atoms with Crippen LogP contribution in [0.2, 0.25) is 0 Å². The molecule has 0 spiro atoms. The summed E-state index contributed by atoms with van der Waals surface area (Å²) in [6.07, 6.45) is 2.64. The third-order valence-corrected chi connectivity index (χ3v) is 4.53. The largest absolute Gasteiger partial charge is 0.432 e. The molecule has 0 amide bonds. The normalized spacial score (nSPS) is 11.7. The van der Waals surface area contributed by atoms with Crippen LogP contribution in [0.3, 0.4) is 0 Å². The van der Waals surface area contributed by atoms with Gasteiger partial charge in [-0.1, -0.05) is 13.8 Å². The third kappa shape index (κ3) is 3.19. The van der Waals surface area contributed by atoms with Gasteiger partial charge in [-0.05, 0) is 51.5 Å². The first-order valence-corrected chi connectivity index (χ1v) is 8.61. The van der Waals surface area contributed by atoms with Crippen LogP contribution >= 0.6 is 0 Å². The Hall–Kier alpha value is -2.21. The van der Waals surface area contributed by atoms with Crippen LogP contribution in [0.5, 0.6) is 0 Å². The fourth-order valence-electron chi connectivity index (χ4n) is 2.87. The van der Waals surface area contributed by atoms with E-state index in [1.54, 1.807) is 6.33 Å². The smallest absolute Gasteiger partial charge is 0.229 e. The summed E-state index contributed by atoms with van der Waals surface area (Å²) in [5, 5.41) is 4.33. The minimum atomic E-state index is 0.625. The summed E-state index contributed by atoms with van der Waals surface area (Å²) in [6, 6.07) is 2.08. The van der Waals surface area contributed by atoms with Crippen LogP contribution in [0, 0.1) is 13.8 Å². The maximum absolute atomic E-state index is 5.93. The quantitative estimate of drug-likeness (QED) is 0.670. The lowest BCUT2D eigenvalue weighted by atomic mass is 10.2. The predicted molar refractivity (Wildman–Crippen MR) is 97.5 cm³/mol. The van der Waals surface area contributed by atoms with Gasteiger partial charge in [-0.3, -0.25) is 0 Å². The van der Waals surface area contributed by atoms with E-state index in [-0.39, 0.29) is 0 Å². The van der Waals surface area contributed by atoms with E-state index < -0.39 is 0 Å². The van der Waals surface area contributed by atoms with Crippen LogP contribution in [-0.4, -0.2) is 46.0 Å². The van der Waals surface area contributed by atoms with E-state index in [4.69, 9.17) is 4.42 Å². The number of fused-ring (bicyclic) bond motifs is 3. The van der Waals surface area contributed by atoms with Crippen LogP contribution in [0.15, 0.2) is 16.8 Å². The molecule has 0 saturated carbocycles. The molecule has 0 saturated heterocycles. The van der Waals surface area contributed by atoms with Crippen molar-refractivity contribution in [1.29, 1.82) is 0 Å². The van der Waals surface area contributed by atoms with Gasteiger partial charge in [0.05, 0.1) is 5.39 Å². The van der Waals surface area contributed by atoms with E-state index in [1.807, 2.05) is 13.8 Å². The zero-order valence-electron chi connectivity index (χ0n) is 14.9. The average molecular weight is 327 g/mol. The van der Waals surface area contributed by atoms with Gasteiger partial charge in [0, 0.05) is 12.2 Å². The number of hydrogen-bond donors (Lipinski definition) is 1. The summed E-state index contributed by atoms with van der Waals surface area (Å²) in [6.45, 7) is 12.5. The van der Waals surface area contributed by atoms with E-state index in [0.29, 0.717) is 11.3 Å². The van der Waals surface area contributed by atoms with Gasteiger partial charge >= 0.3 is 0 Å². The van der Waals surface area contributed by atoms with Crippen molar-refractivity contribution in [3.8, 4) is 0 Å². The number of nitrogens with zero attached hydrogens (tertiary/aromatic N) is 4. The number of pyridine rings is 1. The standard InChI is InChI=1S/C18H25N5O/c1-5-23(6-2)9-7-8-19-17-16-15(20-11-21-17)14-10-12(3)13(4)22-18(14)24-16/h10-11H,5-9H2,1-4H3,(H,19,20,21). The molecule has 0 radical (unpaired) electrons. The molecule has 6 nitrogen and oxygen atoms in total. The molecule has 0 atom stereocenters. The summed E-state index contributed by atoms with van der Waals surface area (Å²) in [4.78, 5) is 15.7. The molecule has 1 N–H and O–H groups in total. The summed E-state index contributed by atoms with van der Waals surface area (Å²) < 4.78 is 5.93. The Morgan fingerprint density at radius 2 is 1.96 bits per heavy atom. The Morgan fingerprint density at radius 3 is 2.71 bits per heavy atom. The molecule has 24 heavy (non-hydrogen) atoms. The highest BCUT2D eigenvalue weighted by atomic mass is 16.3. The Labute approximate surface area is 142 Å². The molecule has 3 aromatic heterocycles. The van der Waals surface area contributed by atoms with E-state index >= 15 is 0 Å². The molecule has 0 aliphatic heterocycles. The number of furan rings is 1. The summed E-state index contributed by atoms with van der Waals surface area (Å²) in [7, 11) is 0. The van der Waals surface area contributed by atoms with Crippen molar-refractivity contribution >= 4 is 28.0 Å². The maximum atomic E-state index is 5.93. The monoisotopic (exact) mass is 327 g/mol. The summed E-state index contributed by atoms with van der Waals surface area (Å²) in [5.41, 5.74) is 4.25. The Balaban J connectivity index is 1.81. The average Bonchev–Trinajstić information content (AvgIpc) is 2.94. The molecule has 0 aliphatic rings. The third-order valence-electron chi connectivity index (χ3n) is 4.53. The van der Waals surface area contributed by atoms with Gasteiger partial charge in [-0.15, -0.1) is 0 Å². The van der Waals surface area contributed by atoms with Crippen LogP contribution in [0.1, 0.15) is 31.5 Å². The first-order valence-electron chi connectivity index (χ1n) is 8.61. The molecule has 6 heteroatoms. The molecule has 0 aromatic carbocycles. The van der Waals surface area contributed by atoms with Crippen LogP contribution in [0.4, 0.5) is 5.82 Å². The van der Waals surface area contributed by atoms with Crippen molar-refractivity contribution in [1.82, 2.24) is 19.9 Å². The van der Waals surface area contributed by atoms with E-state index in [2.05, 4.69) is 45.1 Å². The zero-order valence-corrected chi connectivity index (χ0v) is 14.9. The van der Waals surface area contributed by atoms with Gasteiger partial charge in [0.1, 0.15) is 11.8 Å². The molecular weight excluding hydrogens is 302 g/mol. The molecule has 128 valence electrons. The summed E-state index contributed by atoms with van der Waals surface area (Å²) >= 11 is 0. The van der Waals surface area contributed by atoms with Crippen molar-refractivity contribution in [2.24, 2.45) is 0 Å². The van der Waals surface area contributed by atoms with Crippen molar-refractivity contribution in [2.75, 3.05) is 31.5 Å². The second-order valence-corrected chi connectivity index (χ2v) is 6.05. The first kappa shape index (κ1) is 16.6. The van der Waals surface area contributed by atoms with Crippen LogP contribution < -0.4 is 5.32 Å². The molecule has 0 unspecified atom stereocenters. The number of rotatable bonds is 7. The SMILES string of the molecule is CCN(CC)CCCNc1ncnc2c1oc1nc(C)c(C)cc12. The number of anilines is 1. The van der Waals surface area contributed by atoms with Gasteiger partial charge in [0.15, 0.2) is 11.4 Å². The molecule has 3 heterocycles. The lowest BCUT2D eigenvalue weighted by Crippen LogP contribution is -2.25. The second-order valence-electron chi connectivity index (χ2n) is 6.05. The fourth-order valence-corrected chi connectivity index (χ4v) is 2.87. The Kier molecular flexibility index (Phi) is 4.94. The second kappa shape index (κ2) is 7.13. The van der Waals surface area contributed by atoms with Gasteiger partial charge in [0.25, 0.3) is 0 Å². The highest BCUT2D eigenvalue weighted by Gasteiger charge is 2.15. The molecule has 3 rings (SSSR count). The van der Waals surface area contributed by atoms with Crippen molar-refractivity contribution in [3.05, 3.63) is 23.7 Å². The fraction of sp³-hybridized carbons (Fsp3) is 0.500. The van der Waals surface area contributed by atoms with Gasteiger partial charge < -0.3 is 14.6 Å². The van der Waals surface area contributed by atoms with E-state index in [1.165, 1.54) is 0 Å². The minimum absolute atomic E-state index is 0.625. The first-order chi connectivity index (χ1) is 11.6. The lowest BCUT2D eigenvalue weighted by Gasteiger charge is -2.17. The van der Waals surface area contributed by atoms with Gasteiger partial charge in [0.2, 0.25) is 5.71 Å². The maximum Gasteiger partial charge on any atom is 0.229 e. The predicted octanol–water partition coefficient (Wildman–Crippen LogP) is 3.53. The molecule has 3 aromatic rings. The summed E-state index contributed by atoms with van der Waals surface area (Å²) in [5.74, 6) is 0.743. The van der Waals surface area contributed by atoms with Crippen LogP contribution in [0.25, 0.3) is 22.2 Å². The van der Waals surface area contributed by atoms with Crippen molar-refractivity contribution < 1.29 is 4.42 Å². The Morgan fingerprint density at radius 1 is 1.17 bits per heavy atom. The molecule has 0 aliphatic carbocycles. The van der Waals surface area contributed by atoms with Crippen molar-refractivity contribution in [2.45, 2.75) is 34.1 Å².